The Balaban J connectivity index is 1.75. The van der Waals surface area contributed by atoms with Gasteiger partial charge in [-0.15, -0.1) is 0 Å². The van der Waals surface area contributed by atoms with Gasteiger partial charge in [0.05, 0.1) is 23.8 Å². The standard InChI is InChI=1S/C22H21FN2O5S/c1-3-28-18-11-14(5-10-17(18)30-13-20(26)29-4-2)12-19-21(27)25-22(31-19)24-16-8-6-15(23)7-9-16/h5-12H,3-4,13H2,1-2H3,(H,24,25,27)/b19-12+. The molecule has 1 saturated heterocycles. The van der Waals surface area contributed by atoms with E-state index in [4.69, 9.17) is 14.2 Å². The molecule has 1 fully saturated rings. The number of benzene rings is 2. The fourth-order valence-electron chi connectivity index (χ4n) is 2.61. The van der Waals surface area contributed by atoms with Gasteiger partial charge in [0.2, 0.25) is 0 Å². The Labute approximate surface area is 183 Å². The minimum atomic E-state index is -0.469. The van der Waals surface area contributed by atoms with Gasteiger partial charge >= 0.3 is 5.97 Å². The molecule has 31 heavy (non-hydrogen) atoms. The number of thioether (sulfide) groups is 1. The highest BCUT2D eigenvalue weighted by Gasteiger charge is 2.24. The van der Waals surface area contributed by atoms with E-state index in [0.717, 1.165) is 0 Å². The number of carbonyl (C=O) groups excluding carboxylic acids is 2. The fourth-order valence-corrected chi connectivity index (χ4v) is 3.45. The van der Waals surface area contributed by atoms with Crippen molar-refractivity contribution in [3.63, 3.8) is 0 Å². The minimum Gasteiger partial charge on any atom is -0.490 e. The van der Waals surface area contributed by atoms with Crippen LogP contribution < -0.4 is 14.8 Å². The van der Waals surface area contributed by atoms with Crippen molar-refractivity contribution in [3.8, 4) is 11.5 Å². The van der Waals surface area contributed by atoms with Crippen LogP contribution in [0.4, 0.5) is 10.1 Å². The second-order valence-corrected chi connectivity index (χ2v) is 7.22. The molecule has 0 aliphatic carbocycles. The molecule has 7 nitrogen and oxygen atoms in total. The van der Waals surface area contributed by atoms with Gasteiger partial charge in [-0.3, -0.25) is 4.79 Å². The molecule has 2 aromatic carbocycles. The predicted octanol–water partition coefficient (Wildman–Crippen LogP) is 4.06. The third-order valence-electron chi connectivity index (χ3n) is 3.92. The number of amides is 1. The van der Waals surface area contributed by atoms with Crippen LogP contribution >= 0.6 is 11.8 Å². The van der Waals surface area contributed by atoms with E-state index in [1.165, 1.54) is 36.0 Å². The molecule has 0 aromatic heterocycles. The molecule has 2 aromatic rings. The van der Waals surface area contributed by atoms with Crippen LogP contribution in [0.15, 0.2) is 52.4 Å². The third kappa shape index (κ3) is 6.32. The summed E-state index contributed by atoms with van der Waals surface area (Å²) < 4.78 is 29.0. The first-order valence-corrected chi connectivity index (χ1v) is 10.4. The van der Waals surface area contributed by atoms with Gasteiger partial charge in [0.1, 0.15) is 5.82 Å². The average Bonchev–Trinajstić information content (AvgIpc) is 3.08. The van der Waals surface area contributed by atoms with E-state index >= 15 is 0 Å². The summed E-state index contributed by atoms with van der Waals surface area (Å²) in [4.78, 5) is 28.6. The molecule has 9 heteroatoms. The molecule has 0 unspecified atom stereocenters. The maximum absolute atomic E-state index is 13.0. The molecule has 1 N–H and O–H groups in total. The van der Waals surface area contributed by atoms with Gasteiger partial charge in [-0.25, -0.2) is 14.2 Å². The summed E-state index contributed by atoms with van der Waals surface area (Å²) in [6.07, 6.45) is 1.70. The zero-order chi connectivity index (χ0) is 22.2. The van der Waals surface area contributed by atoms with Gasteiger partial charge in [0.25, 0.3) is 5.91 Å². The first-order chi connectivity index (χ1) is 15.0. The lowest BCUT2D eigenvalue weighted by Crippen LogP contribution is -2.19. The molecule has 162 valence electrons. The van der Waals surface area contributed by atoms with Crippen LogP contribution in [0.25, 0.3) is 6.08 Å². The lowest BCUT2D eigenvalue weighted by molar-refractivity contribution is -0.145. The molecule has 0 atom stereocenters. The van der Waals surface area contributed by atoms with E-state index in [1.807, 2.05) is 6.92 Å². The van der Waals surface area contributed by atoms with Gasteiger partial charge < -0.3 is 19.5 Å². The number of carbonyl (C=O) groups is 2. The number of ether oxygens (including phenoxy) is 3. The lowest BCUT2D eigenvalue weighted by atomic mass is 10.2. The van der Waals surface area contributed by atoms with Crippen molar-refractivity contribution < 1.29 is 28.2 Å². The number of nitrogens with zero attached hydrogens (tertiary/aromatic N) is 1. The first-order valence-electron chi connectivity index (χ1n) is 9.59. The Bertz CT molecular complexity index is 1020. The summed E-state index contributed by atoms with van der Waals surface area (Å²) in [6.45, 7) is 4.01. The summed E-state index contributed by atoms with van der Waals surface area (Å²) in [7, 11) is 0. The van der Waals surface area contributed by atoms with Crippen LogP contribution in [-0.4, -0.2) is 36.9 Å². The zero-order valence-corrected chi connectivity index (χ0v) is 17.8. The zero-order valence-electron chi connectivity index (χ0n) is 17.0. The van der Waals surface area contributed by atoms with Gasteiger partial charge in [-0.1, -0.05) is 6.07 Å². The Morgan fingerprint density at radius 3 is 2.58 bits per heavy atom. The predicted molar refractivity (Wildman–Crippen MR) is 117 cm³/mol. The van der Waals surface area contributed by atoms with Gasteiger partial charge in [-0.2, -0.15) is 0 Å². The molecular weight excluding hydrogens is 423 g/mol. The van der Waals surface area contributed by atoms with E-state index in [0.29, 0.717) is 39.4 Å². The van der Waals surface area contributed by atoms with Gasteiger partial charge in [-0.05, 0) is 73.6 Å². The number of nitrogens with one attached hydrogen (secondary N) is 1. The monoisotopic (exact) mass is 444 g/mol. The molecule has 0 radical (unpaired) electrons. The van der Waals surface area contributed by atoms with E-state index in [-0.39, 0.29) is 24.9 Å². The molecule has 0 saturated carbocycles. The van der Waals surface area contributed by atoms with Crippen LogP contribution in [0.3, 0.4) is 0 Å². The van der Waals surface area contributed by atoms with E-state index in [2.05, 4.69) is 10.3 Å². The normalized spacial score (nSPS) is 15.8. The van der Waals surface area contributed by atoms with Crippen LogP contribution in [-0.2, 0) is 14.3 Å². The molecule has 1 amide bonds. The van der Waals surface area contributed by atoms with Crippen molar-refractivity contribution in [2.45, 2.75) is 13.8 Å². The average molecular weight is 444 g/mol. The third-order valence-corrected chi connectivity index (χ3v) is 4.83. The van der Waals surface area contributed by atoms with Crippen LogP contribution in [0, 0.1) is 5.82 Å². The first kappa shape index (κ1) is 22.4. The summed E-state index contributed by atoms with van der Waals surface area (Å²) in [6, 6.07) is 10.8. The SMILES string of the molecule is CCOC(=O)COc1ccc(/C=C2/SC(=Nc3ccc(F)cc3)NC2=O)cc1OCC. The Morgan fingerprint density at radius 2 is 1.87 bits per heavy atom. The number of rotatable bonds is 8. The van der Waals surface area contributed by atoms with E-state index < -0.39 is 5.97 Å². The van der Waals surface area contributed by atoms with Crippen molar-refractivity contribution in [2.24, 2.45) is 4.99 Å². The van der Waals surface area contributed by atoms with E-state index in [9.17, 15) is 14.0 Å². The molecule has 0 bridgehead atoms. The highest BCUT2D eigenvalue weighted by atomic mass is 32.2. The molecule has 3 rings (SSSR count). The summed E-state index contributed by atoms with van der Waals surface area (Å²) in [5, 5.41) is 3.09. The molecule has 1 aliphatic heterocycles. The van der Waals surface area contributed by atoms with Crippen molar-refractivity contribution >= 4 is 40.6 Å². The maximum atomic E-state index is 13.0. The van der Waals surface area contributed by atoms with Gasteiger partial charge in [0.15, 0.2) is 23.3 Å². The van der Waals surface area contributed by atoms with E-state index in [1.54, 1.807) is 31.2 Å². The lowest BCUT2D eigenvalue weighted by Gasteiger charge is -2.12. The van der Waals surface area contributed by atoms with Crippen molar-refractivity contribution in [1.29, 1.82) is 0 Å². The Kier molecular flexibility index (Phi) is 7.66. The van der Waals surface area contributed by atoms with Crippen molar-refractivity contribution in [3.05, 3.63) is 58.8 Å². The van der Waals surface area contributed by atoms with Gasteiger partial charge in [0, 0.05) is 0 Å². The number of halogens is 1. The Morgan fingerprint density at radius 1 is 1.10 bits per heavy atom. The number of esters is 1. The topological polar surface area (TPSA) is 86.2 Å². The molecule has 0 spiro atoms. The fraction of sp³-hybridized carbons (Fsp3) is 0.227. The molecular formula is C22H21FN2O5S. The highest BCUT2D eigenvalue weighted by Crippen LogP contribution is 2.32. The number of hydrogen-bond acceptors (Lipinski definition) is 7. The largest absolute Gasteiger partial charge is 0.490 e. The number of aliphatic imine (C=N–C) groups is 1. The summed E-state index contributed by atoms with van der Waals surface area (Å²) in [5.41, 5.74) is 1.25. The van der Waals surface area contributed by atoms with Crippen LogP contribution in [0.2, 0.25) is 0 Å². The van der Waals surface area contributed by atoms with Crippen molar-refractivity contribution in [2.75, 3.05) is 19.8 Å². The summed E-state index contributed by atoms with van der Waals surface area (Å²) >= 11 is 1.18. The maximum Gasteiger partial charge on any atom is 0.344 e. The number of amidine groups is 1. The Hall–Kier alpha value is -3.33. The smallest absolute Gasteiger partial charge is 0.344 e. The minimum absolute atomic E-state index is 0.226. The van der Waals surface area contributed by atoms with Crippen LogP contribution in [0.5, 0.6) is 11.5 Å². The second-order valence-electron chi connectivity index (χ2n) is 6.19. The highest BCUT2D eigenvalue weighted by molar-refractivity contribution is 8.18. The second kappa shape index (κ2) is 10.6. The summed E-state index contributed by atoms with van der Waals surface area (Å²) in [5.74, 6) is -0.258. The molecule has 1 heterocycles. The quantitative estimate of drug-likeness (QED) is 0.488. The number of hydrogen-bond donors (Lipinski definition) is 1. The van der Waals surface area contributed by atoms with Crippen LogP contribution in [0.1, 0.15) is 19.4 Å². The molecule has 1 aliphatic rings. The van der Waals surface area contributed by atoms with Crippen molar-refractivity contribution in [1.82, 2.24) is 5.32 Å².